The van der Waals surface area contributed by atoms with Crippen molar-refractivity contribution in [3.05, 3.63) is 136 Å². The molecule has 0 fully saturated rings. The van der Waals surface area contributed by atoms with Gasteiger partial charge in [-0.15, -0.1) is 0 Å². The number of hydrogen-bond acceptors (Lipinski definition) is 5. The van der Waals surface area contributed by atoms with Crippen molar-refractivity contribution < 1.29 is 4.79 Å². The van der Waals surface area contributed by atoms with Crippen molar-refractivity contribution in [2.45, 2.75) is 19.9 Å². The second-order valence-corrected chi connectivity index (χ2v) is 9.35. The number of carbonyl (C=O) groups excluding carboxylic acids is 1. The Morgan fingerprint density at radius 3 is 2.62 bits per heavy atom. The van der Waals surface area contributed by atoms with Gasteiger partial charge in [0.2, 0.25) is 0 Å². The van der Waals surface area contributed by atoms with E-state index in [0.717, 1.165) is 10.9 Å². The number of rotatable bonds is 4. The average Bonchev–Trinajstić information content (AvgIpc) is 3.32. The predicted octanol–water partition coefficient (Wildman–Crippen LogP) is 4.63. The van der Waals surface area contributed by atoms with Crippen molar-refractivity contribution in [3.8, 4) is 17.5 Å². The molecule has 0 saturated carbocycles. The van der Waals surface area contributed by atoms with Crippen LogP contribution in [-0.4, -0.2) is 30.1 Å². The van der Waals surface area contributed by atoms with Crippen molar-refractivity contribution in [2.75, 3.05) is 0 Å². The first-order valence-corrected chi connectivity index (χ1v) is 12.8. The van der Waals surface area contributed by atoms with Gasteiger partial charge in [-0.05, 0) is 61.7 Å². The maximum absolute atomic E-state index is 14.2. The molecule has 8 heteroatoms. The van der Waals surface area contributed by atoms with Crippen molar-refractivity contribution in [1.82, 2.24) is 29.5 Å². The number of carbonyl (C=O) groups is 1. The fourth-order valence-corrected chi connectivity index (χ4v) is 4.83. The fraction of sp³-hybridized carbons (Fsp3) is 0.0938. The highest BCUT2D eigenvalue weighted by atomic mass is 16.2. The Morgan fingerprint density at radius 1 is 0.975 bits per heavy atom. The summed E-state index contributed by atoms with van der Waals surface area (Å²) in [4.78, 5) is 36.1. The summed E-state index contributed by atoms with van der Waals surface area (Å²) in [7, 11) is 0. The van der Waals surface area contributed by atoms with Gasteiger partial charge in [0.15, 0.2) is 5.65 Å². The molecule has 0 radical (unpaired) electrons. The highest BCUT2D eigenvalue weighted by Crippen LogP contribution is 2.24. The lowest BCUT2D eigenvalue weighted by molar-refractivity contribution is 0.0939. The summed E-state index contributed by atoms with van der Waals surface area (Å²) in [5, 5.41) is 8.72. The van der Waals surface area contributed by atoms with Gasteiger partial charge in [0.25, 0.3) is 11.5 Å². The van der Waals surface area contributed by atoms with E-state index in [2.05, 4.69) is 32.2 Å². The van der Waals surface area contributed by atoms with Gasteiger partial charge < -0.3 is 5.32 Å². The van der Waals surface area contributed by atoms with Gasteiger partial charge in [-0.1, -0.05) is 42.2 Å². The highest BCUT2D eigenvalue weighted by Gasteiger charge is 2.23. The Labute approximate surface area is 230 Å². The summed E-state index contributed by atoms with van der Waals surface area (Å²) in [6, 6.07) is 21.9. The summed E-state index contributed by atoms with van der Waals surface area (Å²) in [6.07, 6.45) is 6.75. The molecule has 0 bridgehead atoms. The van der Waals surface area contributed by atoms with Crippen LogP contribution < -0.4 is 10.9 Å². The van der Waals surface area contributed by atoms with E-state index < -0.39 is 6.04 Å². The molecule has 0 aliphatic heterocycles. The van der Waals surface area contributed by atoms with E-state index in [1.165, 1.54) is 0 Å². The second-order valence-electron chi connectivity index (χ2n) is 9.35. The minimum absolute atomic E-state index is 0.218. The van der Waals surface area contributed by atoms with Crippen molar-refractivity contribution in [2.24, 2.45) is 0 Å². The Balaban J connectivity index is 1.48. The Hall–Kier alpha value is -5.55. The standard InChI is InChI=1S/C32H24N6O2/c1-21(35-31(39)28-22(2)36-37-18-8-17-34-30(28)37)27-19-25-11-6-10-24(15-14-23-9-7-16-33-20-23)29(25)32(40)38(27)26-12-4-3-5-13-26/h3-13,16-21H,1-2H3,(H,35,39)/t21-/m0/s1. The Bertz CT molecular complexity index is 2000. The zero-order valence-electron chi connectivity index (χ0n) is 21.9. The number of amides is 1. The van der Waals surface area contributed by atoms with Gasteiger partial charge in [0.1, 0.15) is 5.56 Å². The van der Waals surface area contributed by atoms with Crippen LogP contribution in [0, 0.1) is 18.8 Å². The molecule has 4 aromatic heterocycles. The van der Waals surface area contributed by atoms with Gasteiger partial charge in [-0.3, -0.25) is 19.1 Å². The molecule has 40 heavy (non-hydrogen) atoms. The highest BCUT2D eigenvalue weighted by molar-refractivity contribution is 6.01. The molecule has 8 nitrogen and oxygen atoms in total. The summed E-state index contributed by atoms with van der Waals surface area (Å²) >= 11 is 0. The van der Waals surface area contributed by atoms with E-state index in [4.69, 9.17) is 0 Å². The van der Waals surface area contributed by atoms with Gasteiger partial charge in [-0.25, -0.2) is 9.50 Å². The first-order valence-electron chi connectivity index (χ1n) is 12.8. The summed E-state index contributed by atoms with van der Waals surface area (Å²) < 4.78 is 3.22. The molecule has 4 heterocycles. The quantitative estimate of drug-likeness (QED) is 0.340. The van der Waals surface area contributed by atoms with E-state index in [-0.39, 0.29) is 11.5 Å². The number of hydrogen-bond donors (Lipinski definition) is 1. The smallest absolute Gasteiger partial charge is 0.264 e. The maximum Gasteiger partial charge on any atom is 0.264 e. The summed E-state index contributed by atoms with van der Waals surface area (Å²) in [5.41, 5.74) is 3.92. The molecule has 194 valence electrons. The van der Waals surface area contributed by atoms with Crippen LogP contribution in [0.4, 0.5) is 0 Å². The Morgan fingerprint density at radius 2 is 1.82 bits per heavy atom. The van der Waals surface area contributed by atoms with E-state index in [9.17, 15) is 9.59 Å². The number of benzene rings is 2. The molecule has 6 rings (SSSR count). The van der Waals surface area contributed by atoms with Crippen LogP contribution in [0.15, 0.2) is 102 Å². The molecular weight excluding hydrogens is 500 g/mol. The molecular formula is C32H24N6O2. The molecule has 0 aliphatic carbocycles. The van der Waals surface area contributed by atoms with Gasteiger partial charge >= 0.3 is 0 Å². The van der Waals surface area contributed by atoms with E-state index in [0.29, 0.717) is 39.2 Å². The first kappa shape index (κ1) is 24.8. The predicted molar refractivity (Wildman–Crippen MR) is 153 cm³/mol. The fourth-order valence-electron chi connectivity index (χ4n) is 4.83. The molecule has 0 unspecified atom stereocenters. The monoisotopic (exact) mass is 524 g/mol. The van der Waals surface area contributed by atoms with Gasteiger partial charge in [0, 0.05) is 47.3 Å². The van der Waals surface area contributed by atoms with E-state index in [1.807, 2.05) is 73.7 Å². The summed E-state index contributed by atoms with van der Waals surface area (Å²) in [6.45, 7) is 3.64. The third-order valence-electron chi connectivity index (χ3n) is 6.68. The van der Waals surface area contributed by atoms with Gasteiger partial charge in [-0.2, -0.15) is 5.10 Å². The lowest BCUT2D eigenvalue weighted by atomic mass is 10.0. The second kappa shape index (κ2) is 10.3. The number of fused-ring (bicyclic) bond motifs is 2. The van der Waals surface area contributed by atoms with E-state index in [1.54, 1.807) is 46.9 Å². The normalized spacial score (nSPS) is 11.7. The zero-order chi connectivity index (χ0) is 27.6. The SMILES string of the molecule is Cc1nn2cccnc2c1C(=O)N[C@@H](C)c1cc2cccc(C#Cc3cccnc3)c2c(=O)n1-c1ccccc1. The van der Waals surface area contributed by atoms with Crippen LogP contribution in [0.1, 0.15) is 45.8 Å². The third-order valence-corrected chi connectivity index (χ3v) is 6.68. The molecule has 0 spiro atoms. The third kappa shape index (κ3) is 4.50. The van der Waals surface area contributed by atoms with Crippen LogP contribution in [0.2, 0.25) is 0 Å². The number of nitrogens with one attached hydrogen (secondary N) is 1. The molecule has 1 amide bonds. The number of nitrogens with zero attached hydrogens (tertiary/aromatic N) is 5. The molecule has 0 saturated heterocycles. The number of para-hydroxylation sites is 1. The maximum atomic E-state index is 14.2. The molecule has 1 N–H and O–H groups in total. The lowest BCUT2D eigenvalue weighted by Crippen LogP contribution is -2.32. The van der Waals surface area contributed by atoms with Crippen molar-refractivity contribution in [1.29, 1.82) is 0 Å². The topological polar surface area (TPSA) is 94.2 Å². The summed E-state index contributed by atoms with van der Waals surface area (Å²) in [5.74, 6) is 5.95. The van der Waals surface area contributed by atoms with Crippen LogP contribution >= 0.6 is 0 Å². The minimum atomic E-state index is -0.520. The van der Waals surface area contributed by atoms with E-state index >= 15 is 0 Å². The molecule has 1 atom stereocenters. The van der Waals surface area contributed by atoms with Crippen molar-refractivity contribution >= 4 is 22.3 Å². The van der Waals surface area contributed by atoms with Crippen LogP contribution in [0.5, 0.6) is 0 Å². The van der Waals surface area contributed by atoms with Crippen LogP contribution in [-0.2, 0) is 0 Å². The molecule has 6 aromatic rings. The average molecular weight is 525 g/mol. The van der Waals surface area contributed by atoms with Crippen LogP contribution in [0.25, 0.3) is 22.1 Å². The Kier molecular flexibility index (Phi) is 6.38. The minimum Gasteiger partial charge on any atom is -0.344 e. The zero-order valence-corrected chi connectivity index (χ0v) is 21.9. The van der Waals surface area contributed by atoms with Crippen molar-refractivity contribution in [3.63, 3.8) is 0 Å². The number of aryl methyl sites for hydroxylation is 1. The lowest BCUT2D eigenvalue weighted by Gasteiger charge is -2.21. The molecule has 2 aromatic carbocycles. The van der Waals surface area contributed by atoms with Crippen LogP contribution in [0.3, 0.4) is 0 Å². The largest absolute Gasteiger partial charge is 0.344 e. The molecule has 0 aliphatic rings. The first-order chi connectivity index (χ1) is 19.5. The van der Waals surface area contributed by atoms with Gasteiger partial charge in [0.05, 0.1) is 17.1 Å². The number of pyridine rings is 2. The number of aromatic nitrogens is 5.